The molecule has 36 heavy (non-hydrogen) atoms. The number of halogens is 3. The number of imide groups is 2. The number of anilines is 1. The zero-order valence-electron chi connectivity index (χ0n) is 18.9. The van der Waals surface area contributed by atoms with Crippen molar-refractivity contribution in [3.05, 3.63) is 93.5 Å². The van der Waals surface area contributed by atoms with E-state index in [1.165, 1.54) is 36.4 Å². The summed E-state index contributed by atoms with van der Waals surface area (Å²) in [6.45, 7) is 2.23. The summed E-state index contributed by atoms with van der Waals surface area (Å²) in [6, 6.07) is 13.0. The highest BCUT2D eigenvalue weighted by atomic mass is 79.9. The second kappa shape index (κ2) is 10.7. The molecule has 1 fully saturated rings. The van der Waals surface area contributed by atoms with Crippen LogP contribution in [-0.2, 0) is 16.2 Å². The highest BCUT2D eigenvalue weighted by Gasteiger charge is 2.37. The average molecular weight is 557 g/mol. The summed E-state index contributed by atoms with van der Waals surface area (Å²) in [6.07, 6.45) is 1.30. The number of carbonyl (C=O) groups is 3. The summed E-state index contributed by atoms with van der Waals surface area (Å²) >= 11 is 3.43. The second-order valence-corrected chi connectivity index (χ2v) is 8.47. The maximum absolute atomic E-state index is 13.7. The molecular weight excluding hydrogens is 538 g/mol. The number of ether oxygens (including phenoxy) is 2. The van der Waals surface area contributed by atoms with Gasteiger partial charge >= 0.3 is 6.03 Å². The largest absolute Gasteiger partial charge is 0.490 e. The topological polar surface area (TPSA) is 84.9 Å². The first kappa shape index (κ1) is 25.1. The lowest BCUT2D eigenvalue weighted by Crippen LogP contribution is -2.54. The summed E-state index contributed by atoms with van der Waals surface area (Å²) in [7, 11) is 0. The van der Waals surface area contributed by atoms with Crippen LogP contribution in [0.4, 0.5) is 19.3 Å². The maximum atomic E-state index is 13.7. The van der Waals surface area contributed by atoms with Gasteiger partial charge in [-0.3, -0.25) is 14.9 Å². The van der Waals surface area contributed by atoms with Gasteiger partial charge in [-0.25, -0.2) is 18.5 Å². The molecular formula is C26H19BrF2N2O5. The Morgan fingerprint density at radius 1 is 0.972 bits per heavy atom. The van der Waals surface area contributed by atoms with E-state index in [1.54, 1.807) is 31.2 Å². The minimum absolute atomic E-state index is 0.0170. The summed E-state index contributed by atoms with van der Waals surface area (Å²) < 4.78 is 38.9. The van der Waals surface area contributed by atoms with Crippen LogP contribution >= 0.6 is 15.9 Å². The van der Waals surface area contributed by atoms with Crippen molar-refractivity contribution in [1.29, 1.82) is 0 Å². The summed E-state index contributed by atoms with van der Waals surface area (Å²) in [5.74, 6) is -2.08. The number of hydrogen-bond acceptors (Lipinski definition) is 5. The molecule has 0 aromatic heterocycles. The van der Waals surface area contributed by atoms with Gasteiger partial charge in [0.2, 0.25) is 0 Å². The number of hydrogen-bond donors (Lipinski definition) is 1. The SMILES string of the molecule is CCOc1cc(/C=C2\C(=O)NC(=O)N(c3cccc(F)c3)C2=O)cc(Br)c1OCc1ccc(F)cc1. The smallest absolute Gasteiger partial charge is 0.335 e. The number of rotatable bonds is 7. The second-order valence-electron chi connectivity index (χ2n) is 7.62. The molecule has 0 aliphatic carbocycles. The van der Waals surface area contributed by atoms with Crippen molar-refractivity contribution in [3.63, 3.8) is 0 Å². The number of benzene rings is 3. The zero-order chi connectivity index (χ0) is 25.8. The third-order valence-electron chi connectivity index (χ3n) is 5.11. The Hall–Kier alpha value is -4.05. The van der Waals surface area contributed by atoms with Crippen LogP contribution in [0.5, 0.6) is 11.5 Å². The standard InChI is InChI=1S/C26H19BrF2N2O5/c1-2-35-22-12-16(11-21(27)23(22)36-14-15-6-8-17(28)9-7-15)10-20-24(32)30-26(34)31(25(20)33)19-5-3-4-18(29)13-19/h3-13H,2,14H2,1H3,(H,30,32,34)/b20-10+. The average Bonchev–Trinajstić information content (AvgIpc) is 2.82. The number of barbiturate groups is 1. The first-order chi connectivity index (χ1) is 17.3. The van der Waals surface area contributed by atoms with Crippen LogP contribution in [-0.4, -0.2) is 24.5 Å². The molecule has 1 aliphatic heterocycles. The molecule has 1 saturated heterocycles. The van der Waals surface area contributed by atoms with E-state index in [0.29, 0.717) is 33.0 Å². The molecule has 0 radical (unpaired) electrons. The lowest BCUT2D eigenvalue weighted by molar-refractivity contribution is -0.122. The van der Waals surface area contributed by atoms with Gasteiger partial charge in [0, 0.05) is 0 Å². The number of nitrogens with one attached hydrogen (secondary N) is 1. The molecule has 7 nitrogen and oxygen atoms in total. The van der Waals surface area contributed by atoms with Gasteiger partial charge in [0.25, 0.3) is 11.8 Å². The van der Waals surface area contributed by atoms with E-state index < -0.39 is 23.7 Å². The van der Waals surface area contributed by atoms with Gasteiger partial charge in [0.15, 0.2) is 11.5 Å². The van der Waals surface area contributed by atoms with Crippen LogP contribution in [0.2, 0.25) is 0 Å². The molecule has 4 amide bonds. The van der Waals surface area contributed by atoms with Crippen molar-refractivity contribution in [2.75, 3.05) is 11.5 Å². The maximum Gasteiger partial charge on any atom is 0.335 e. The van der Waals surface area contributed by atoms with Crippen LogP contribution < -0.4 is 19.7 Å². The highest BCUT2D eigenvalue weighted by molar-refractivity contribution is 9.10. The Morgan fingerprint density at radius 3 is 2.42 bits per heavy atom. The third kappa shape index (κ3) is 5.44. The molecule has 184 valence electrons. The van der Waals surface area contributed by atoms with E-state index in [-0.39, 0.29) is 23.7 Å². The predicted molar refractivity (Wildman–Crippen MR) is 131 cm³/mol. The van der Waals surface area contributed by atoms with Gasteiger partial charge in [-0.15, -0.1) is 0 Å². The fourth-order valence-electron chi connectivity index (χ4n) is 3.48. The van der Waals surface area contributed by atoms with E-state index in [9.17, 15) is 23.2 Å². The molecule has 0 atom stereocenters. The van der Waals surface area contributed by atoms with E-state index in [0.717, 1.165) is 11.6 Å². The van der Waals surface area contributed by atoms with Crippen LogP contribution in [0, 0.1) is 11.6 Å². The molecule has 0 unspecified atom stereocenters. The first-order valence-electron chi connectivity index (χ1n) is 10.8. The monoisotopic (exact) mass is 556 g/mol. The molecule has 1 heterocycles. The minimum atomic E-state index is -0.978. The normalized spacial score (nSPS) is 14.7. The number of amides is 4. The predicted octanol–water partition coefficient (Wildman–Crippen LogP) is 5.37. The molecule has 3 aromatic carbocycles. The number of carbonyl (C=O) groups excluding carboxylic acids is 3. The van der Waals surface area contributed by atoms with Crippen LogP contribution in [0.3, 0.4) is 0 Å². The molecule has 0 saturated carbocycles. The molecule has 0 spiro atoms. The molecule has 0 bridgehead atoms. The summed E-state index contributed by atoms with van der Waals surface area (Å²) in [5.41, 5.74) is 0.805. The Bertz CT molecular complexity index is 1380. The van der Waals surface area contributed by atoms with Crippen LogP contribution in [0.1, 0.15) is 18.1 Å². The van der Waals surface area contributed by atoms with E-state index in [1.807, 2.05) is 0 Å². The van der Waals surface area contributed by atoms with Crippen molar-refractivity contribution in [1.82, 2.24) is 5.32 Å². The van der Waals surface area contributed by atoms with Crippen molar-refractivity contribution in [2.24, 2.45) is 0 Å². The molecule has 1 aliphatic rings. The highest BCUT2D eigenvalue weighted by Crippen LogP contribution is 2.38. The van der Waals surface area contributed by atoms with Crippen molar-refractivity contribution in [2.45, 2.75) is 13.5 Å². The van der Waals surface area contributed by atoms with Gasteiger partial charge in [-0.05, 0) is 82.5 Å². The Kier molecular flexibility index (Phi) is 7.44. The lowest BCUT2D eigenvalue weighted by atomic mass is 10.1. The zero-order valence-corrected chi connectivity index (χ0v) is 20.5. The van der Waals surface area contributed by atoms with Gasteiger partial charge in [-0.2, -0.15) is 0 Å². The van der Waals surface area contributed by atoms with Gasteiger partial charge < -0.3 is 9.47 Å². The van der Waals surface area contributed by atoms with Gasteiger partial charge in [0.05, 0.1) is 16.8 Å². The molecule has 3 aromatic rings. The first-order valence-corrected chi connectivity index (χ1v) is 11.6. The quantitative estimate of drug-likeness (QED) is 0.312. The summed E-state index contributed by atoms with van der Waals surface area (Å²) in [5, 5.41) is 2.10. The lowest BCUT2D eigenvalue weighted by Gasteiger charge is -2.26. The fraction of sp³-hybridized carbons (Fsp3) is 0.115. The molecule has 4 rings (SSSR count). The Balaban J connectivity index is 1.66. The molecule has 1 N–H and O–H groups in total. The summed E-state index contributed by atoms with van der Waals surface area (Å²) in [4.78, 5) is 38.6. The third-order valence-corrected chi connectivity index (χ3v) is 5.70. The van der Waals surface area contributed by atoms with Crippen LogP contribution in [0.15, 0.2) is 70.7 Å². The Morgan fingerprint density at radius 2 is 1.72 bits per heavy atom. The Labute approximate surface area is 213 Å². The fourth-order valence-corrected chi connectivity index (χ4v) is 4.06. The number of urea groups is 1. The van der Waals surface area contributed by atoms with Crippen molar-refractivity contribution < 1.29 is 32.6 Å². The van der Waals surface area contributed by atoms with Gasteiger partial charge in [-0.1, -0.05) is 18.2 Å². The van der Waals surface area contributed by atoms with E-state index in [4.69, 9.17) is 9.47 Å². The molecule has 10 heteroatoms. The number of nitrogens with zero attached hydrogens (tertiary/aromatic N) is 1. The van der Waals surface area contributed by atoms with Crippen molar-refractivity contribution >= 4 is 45.5 Å². The van der Waals surface area contributed by atoms with Crippen molar-refractivity contribution in [3.8, 4) is 11.5 Å². The van der Waals surface area contributed by atoms with Gasteiger partial charge in [0.1, 0.15) is 23.8 Å². The van der Waals surface area contributed by atoms with E-state index >= 15 is 0 Å². The van der Waals surface area contributed by atoms with E-state index in [2.05, 4.69) is 21.2 Å². The minimum Gasteiger partial charge on any atom is -0.490 e. The van der Waals surface area contributed by atoms with Crippen LogP contribution in [0.25, 0.3) is 6.08 Å².